The number of benzene rings is 2. The highest BCUT2D eigenvalue weighted by Crippen LogP contribution is 2.36. The molecule has 0 bridgehead atoms. The summed E-state index contributed by atoms with van der Waals surface area (Å²) in [5, 5.41) is 11.0. The van der Waals surface area contributed by atoms with Gasteiger partial charge in [-0.2, -0.15) is 0 Å². The number of aliphatic hydroxyl groups is 1. The van der Waals surface area contributed by atoms with Crippen molar-refractivity contribution in [1.82, 2.24) is 0 Å². The fourth-order valence-corrected chi connectivity index (χ4v) is 4.62. The number of rotatable bonds is 6. The average Bonchev–Trinajstić information content (AvgIpc) is 2.66. The SMILES string of the molecule is CCCCC[C@H]1[C@@H](c2ccccc2)[NH+](C)[C@@H](c2ccccc2)C[C@@H]1O. The first-order valence-corrected chi connectivity index (χ1v) is 9.83. The van der Waals surface area contributed by atoms with Gasteiger partial charge >= 0.3 is 0 Å². The van der Waals surface area contributed by atoms with Crippen molar-refractivity contribution in [2.45, 2.75) is 57.2 Å². The summed E-state index contributed by atoms with van der Waals surface area (Å²) in [4.78, 5) is 1.52. The number of hydrogen-bond donors (Lipinski definition) is 2. The molecular formula is C23H32NO+. The predicted octanol–water partition coefficient (Wildman–Crippen LogP) is 3.94. The largest absolute Gasteiger partial charge is 0.392 e. The Morgan fingerprint density at radius 2 is 1.52 bits per heavy atom. The molecule has 1 saturated heterocycles. The molecule has 2 aromatic rings. The fraction of sp³-hybridized carbons (Fsp3) is 0.478. The van der Waals surface area contributed by atoms with Crippen LogP contribution < -0.4 is 4.90 Å². The molecule has 3 rings (SSSR count). The first kappa shape index (κ1) is 18.2. The second-order valence-electron chi connectivity index (χ2n) is 7.56. The van der Waals surface area contributed by atoms with E-state index in [4.69, 9.17) is 0 Å². The van der Waals surface area contributed by atoms with E-state index in [1.165, 1.54) is 35.3 Å². The summed E-state index contributed by atoms with van der Waals surface area (Å²) in [6, 6.07) is 22.2. The summed E-state index contributed by atoms with van der Waals surface area (Å²) in [5.74, 6) is 0.342. The zero-order valence-corrected chi connectivity index (χ0v) is 15.6. The Labute approximate surface area is 152 Å². The lowest BCUT2D eigenvalue weighted by molar-refractivity contribution is -0.955. The number of hydrogen-bond acceptors (Lipinski definition) is 1. The normalized spacial score (nSPS) is 29.5. The van der Waals surface area contributed by atoms with E-state index in [-0.39, 0.29) is 6.10 Å². The van der Waals surface area contributed by atoms with Gasteiger partial charge in [0.25, 0.3) is 0 Å². The van der Waals surface area contributed by atoms with Crippen LogP contribution in [0, 0.1) is 5.92 Å². The van der Waals surface area contributed by atoms with Gasteiger partial charge in [-0.3, -0.25) is 0 Å². The average molecular weight is 339 g/mol. The van der Waals surface area contributed by atoms with Crippen molar-refractivity contribution in [3.8, 4) is 0 Å². The van der Waals surface area contributed by atoms with Crippen molar-refractivity contribution in [3.05, 3.63) is 71.8 Å². The third-order valence-electron chi connectivity index (χ3n) is 5.94. The highest BCUT2D eigenvalue weighted by atomic mass is 16.3. The Bertz CT molecular complexity index is 627. The molecule has 1 aliphatic heterocycles. The minimum absolute atomic E-state index is 0.226. The molecule has 0 amide bonds. The number of quaternary nitrogens is 1. The molecule has 2 nitrogen and oxygen atoms in total. The van der Waals surface area contributed by atoms with Gasteiger partial charge in [0.2, 0.25) is 0 Å². The van der Waals surface area contributed by atoms with Crippen LogP contribution >= 0.6 is 0 Å². The molecule has 0 aliphatic carbocycles. The summed E-state index contributed by atoms with van der Waals surface area (Å²) in [5.41, 5.74) is 2.70. The second-order valence-corrected chi connectivity index (χ2v) is 7.56. The Kier molecular flexibility index (Phi) is 6.28. The molecule has 2 N–H and O–H groups in total. The maximum absolute atomic E-state index is 11.0. The third-order valence-corrected chi connectivity index (χ3v) is 5.94. The monoisotopic (exact) mass is 338 g/mol. The highest BCUT2D eigenvalue weighted by molar-refractivity contribution is 5.22. The van der Waals surface area contributed by atoms with Crippen LogP contribution in [0.25, 0.3) is 0 Å². The fourth-order valence-electron chi connectivity index (χ4n) is 4.62. The molecule has 0 aromatic heterocycles. The van der Waals surface area contributed by atoms with Crippen LogP contribution in [-0.4, -0.2) is 18.3 Å². The van der Waals surface area contributed by atoms with Crippen LogP contribution in [0.3, 0.4) is 0 Å². The smallest absolute Gasteiger partial charge is 0.119 e. The van der Waals surface area contributed by atoms with Crippen molar-refractivity contribution >= 4 is 0 Å². The van der Waals surface area contributed by atoms with Gasteiger partial charge in [-0.1, -0.05) is 86.8 Å². The van der Waals surface area contributed by atoms with E-state index in [1.807, 2.05) is 0 Å². The standard InChI is InChI=1S/C23H31NO/c1-3-4-7-16-20-22(25)17-21(18-12-8-5-9-13-18)24(2)23(20)19-14-10-6-11-15-19/h5-6,8-15,20-23,25H,3-4,7,16-17H2,1-2H3/p+1/t20-,21-,22+,23-/m1/s1. The summed E-state index contributed by atoms with van der Waals surface area (Å²) < 4.78 is 0. The summed E-state index contributed by atoms with van der Waals surface area (Å²) >= 11 is 0. The maximum atomic E-state index is 11.0. The molecular weight excluding hydrogens is 306 g/mol. The molecule has 25 heavy (non-hydrogen) atoms. The van der Waals surface area contributed by atoms with Crippen molar-refractivity contribution in [2.24, 2.45) is 5.92 Å². The van der Waals surface area contributed by atoms with Gasteiger partial charge in [0.05, 0.1) is 13.2 Å². The molecule has 0 spiro atoms. The first-order valence-electron chi connectivity index (χ1n) is 9.83. The molecule has 5 atom stereocenters. The van der Waals surface area contributed by atoms with E-state index in [0.29, 0.717) is 18.0 Å². The van der Waals surface area contributed by atoms with Gasteiger partial charge in [-0.15, -0.1) is 0 Å². The molecule has 2 heteroatoms. The molecule has 134 valence electrons. The van der Waals surface area contributed by atoms with E-state index in [1.54, 1.807) is 0 Å². The molecule has 0 radical (unpaired) electrons. The Morgan fingerprint density at radius 3 is 2.12 bits per heavy atom. The zero-order chi connectivity index (χ0) is 17.6. The van der Waals surface area contributed by atoms with E-state index >= 15 is 0 Å². The maximum Gasteiger partial charge on any atom is 0.119 e. The number of unbranched alkanes of at least 4 members (excludes halogenated alkanes) is 2. The second kappa shape index (κ2) is 8.64. The lowest BCUT2D eigenvalue weighted by Gasteiger charge is -2.44. The van der Waals surface area contributed by atoms with Crippen molar-refractivity contribution < 1.29 is 10.0 Å². The van der Waals surface area contributed by atoms with E-state index in [0.717, 1.165) is 12.8 Å². The van der Waals surface area contributed by atoms with Gasteiger partial charge in [0.1, 0.15) is 12.1 Å². The van der Waals surface area contributed by atoms with Crippen molar-refractivity contribution in [3.63, 3.8) is 0 Å². The third kappa shape index (κ3) is 4.13. The quantitative estimate of drug-likeness (QED) is 0.766. The minimum Gasteiger partial charge on any atom is -0.392 e. The van der Waals surface area contributed by atoms with Gasteiger partial charge in [-0.05, 0) is 6.42 Å². The highest BCUT2D eigenvalue weighted by Gasteiger charge is 2.44. The first-order chi connectivity index (χ1) is 12.2. The van der Waals surface area contributed by atoms with Crippen LogP contribution in [0.2, 0.25) is 0 Å². The summed E-state index contributed by atoms with van der Waals surface area (Å²) in [6.45, 7) is 2.24. The Hall–Kier alpha value is -1.64. The predicted molar refractivity (Wildman–Crippen MR) is 104 cm³/mol. The minimum atomic E-state index is -0.226. The molecule has 1 heterocycles. The van der Waals surface area contributed by atoms with Crippen molar-refractivity contribution in [1.29, 1.82) is 0 Å². The summed E-state index contributed by atoms with van der Waals surface area (Å²) in [7, 11) is 2.31. The zero-order valence-electron chi connectivity index (χ0n) is 15.6. The van der Waals surface area contributed by atoms with E-state index in [2.05, 4.69) is 74.6 Å². The molecule has 1 unspecified atom stereocenters. The van der Waals surface area contributed by atoms with Crippen LogP contribution in [0.15, 0.2) is 60.7 Å². The topological polar surface area (TPSA) is 24.7 Å². The molecule has 0 saturated carbocycles. The lowest BCUT2D eigenvalue weighted by atomic mass is 9.76. The molecule has 2 aromatic carbocycles. The Balaban J connectivity index is 1.90. The van der Waals surface area contributed by atoms with Crippen LogP contribution in [0.5, 0.6) is 0 Å². The van der Waals surface area contributed by atoms with Crippen LogP contribution in [0.4, 0.5) is 0 Å². The van der Waals surface area contributed by atoms with Gasteiger partial charge in [0, 0.05) is 23.5 Å². The number of nitrogens with one attached hydrogen (secondary N) is 1. The van der Waals surface area contributed by atoms with Gasteiger partial charge in [0.15, 0.2) is 0 Å². The van der Waals surface area contributed by atoms with E-state index in [9.17, 15) is 5.11 Å². The molecule has 1 fully saturated rings. The van der Waals surface area contributed by atoms with Gasteiger partial charge in [-0.25, -0.2) is 0 Å². The lowest BCUT2D eigenvalue weighted by Crippen LogP contribution is -3.12. The summed E-state index contributed by atoms with van der Waals surface area (Å²) in [6.07, 6.45) is 5.45. The Morgan fingerprint density at radius 1 is 0.920 bits per heavy atom. The number of piperidine rings is 1. The molecule has 1 aliphatic rings. The number of likely N-dealkylation sites (tertiary alicyclic amines) is 1. The van der Waals surface area contributed by atoms with Gasteiger partial charge < -0.3 is 10.0 Å². The number of aliphatic hydroxyl groups excluding tert-OH is 1. The van der Waals surface area contributed by atoms with Crippen molar-refractivity contribution in [2.75, 3.05) is 7.05 Å². The van der Waals surface area contributed by atoms with E-state index < -0.39 is 0 Å². The van der Waals surface area contributed by atoms with Crippen LogP contribution in [-0.2, 0) is 0 Å². The van der Waals surface area contributed by atoms with Crippen LogP contribution in [0.1, 0.15) is 62.2 Å².